The molecule has 35 heavy (non-hydrogen) atoms. The van der Waals surface area contributed by atoms with E-state index < -0.39 is 17.6 Å². The first-order valence-electron chi connectivity index (χ1n) is 10.6. The first-order valence-corrected chi connectivity index (χ1v) is 11.4. The van der Waals surface area contributed by atoms with Crippen LogP contribution in [-0.4, -0.2) is 38.2 Å². The van der Waals surface area contributed by atoms with Crippen LogP contribution in [0.5, 0.6) is 0 Å². The van der Waals surface area contributed by atoms with Crippen LogP contribution >= 0.6 is 11.8 Å². The molecule has 5 aromatic rings. The Kier molecular flexibility index (Phi) is 6.02. The van der Waals surface area contributed by atoms with Crippen molar-refractivity contribution in [2.75, 3.05) is 12.4 Å². The molecular formula is C25H19N5O4S. The summed E-state index contributed by atoms with van der Waals surface area (Å²) < 4.78 is 7.27. The Morgan fingerprint density at radius 1 is 0.971 bits per heavy atom. The van der Waals surface area contributed by atoms with Crippen LogP contribution in [0.3, 0.4) is 0 Å². The highest BCUT2D eigenvalue weighted by Crippen LogP contribution is 2.30. The number of ether oxygens (including phenoxy) is 1. The number of nitrogens with zero attached hydrogens (tertiary/aromatic N) is 4. The van der Waals surface area contributed by atoms with Gasteiger partial charge in [-0.15, -0.1) is 5.10 Å². The first kappa shape index (κ1) is 22.4. The van der Waals surface area contributed by atoms with Crippen LogP contribution in [0.15, 0.2) is 93.6 Å². The maximum atomic E-state index is 13.3. The number of amides is 1. The molecule has 0 aliphatic heterocycles. The van der Waals surface area contributed by atoms with Crippen LogP contribution in [0.4, 0.5) is 5.69 Å². The number of rotatable bonds is 6. The first-order chi connectivity index (χ1) is 17.0. The van der Waals surface area contributed by atoms with Crippen LogP contribution < -0.4 is 11.0 Å². The van der Waals surface area contributed by atoms with Crippen LogP contribution in [0.1, 0.15) is 10.4 Å². The lowest BCUT2D eigenvalue weighted by atomic mass is 10.2. The summed E-state index contributed by atoms with van der Waals surface area (Å²) in [5, 5.41) is 7.73. The molecule has 10 heteroatoms. The Hall–Kier alpha value is -4.44. The van der Waals surface area contributed by atoms with Gasteiger partial charge in [-0.3, -0.25) is 4.79 Å². The third-order valence-corrected chi connectivity index (χ3v) is 6.19. The number of aromatic nitrogens is 4. The lowest BCUT2D eigenvalue weighted by molar-refractivity contribution is -0.117. The second-order valence-corrected chi connectivity index (χ2v) is 8.60. The minimum absolute atomic E-state index is 0.289. The molecule has 0 saturated carbocycles. The number of benzene rings is 3. The number of carbonyl (C=O) groups is 2. The highest BCUT2D eigenvalue weighted by molar-refractivity contribution is 7.99. The standard InChI is InChI=1S/C25H19N5O4S/c1-34-24(32)16-11-13-17(14-12-16)26-21(31)15-29-25(33)30-20-10-6-5-9-19(20)27-23(22(30)28-29)35-18-7-3-2-4-8-18/h2-14H,15H2,1H3,(H,26,31). The Labute approximate surface area is 203 Å². The van der Waals surface area contributed by atoms with Crippen molar-refractivity contribution in [1.82, 2.24) is 19.2 Å². The van der Waals surface area contributed by atoms with Crippen molar-refractivity contribution in [3.63, 3.8) is 0 Å². The Balaban J connectivity index is 1.48. The van der Waals surface area contributed by atoms with E-state index in [-0.39, 0.29) is 6.54 Å². The SMILES string of the molecule is COC(=O)c1ccc(NC(=O)Cn2nc3c(Sc4ccccc4)nc4ccccc4n3c2=O)cc1. The highest BCUT2D eigenvalue weighted by Gasteiger charge is 2.18. The molecule has 0 fully saturated rings. The second kappa shape index (κ2) is 9.43. The summed E-state index contributed by atoms with van der Waals surface area (Å²) in [5.74, 6) is -0.903. The molecule has 1 N–H and O–H groups in total. The predicted octanol–water partition coefficient (Wildman–Crippen LogP) is 3.62. The van der Waals surface area contributed by atoms with E-state index >= 15 is 0 Å². The van der Waals surface area contributed by atoms with Gasteiger partial charge in [-0.25, -0.2) is 23.7 Å². The predicted molar refractivity (Wildman–Crippen MR) is 132 cm³/mol. The van der Waals surface area contributed by atoms with Crippen molar-refractivity contribution in [1.29, 1.82) is 0 Å². The maximum Gasteiger partial charge on any atom is 0.351 e. The van der Waals surface area contributed by atoms with Crippen LogP contribution in [0, 0.1) is 0 Å². The molecule has 0 aliphatic carbocycles. The number of anilines is 1. The number of hydrogen-bond acceptors (Lipinski definition) is 7. The topological polar surface area (TPSA) is 108 Å². The molecule has 0 aliphatic rings. The van der Waals surface area contributed by atoms with E-state index in [0.29, 0.717) is 33.0 Å². The molecule has 0 saturated heterocycles. The number of nitrogens with one attached hydrogen (secondary N) is 1. The number of fused-ring (bicyclic) bond motifs is 3. The molecule has 9 nitrogen and oxygen atoms in total. The highest BCUT2D eigenvalue weighted by atomic mass is 32.2. The normalized spacial score (nSPS) is 11.0. The molecule has 0 unspecified atom stereocenters. The van der Waals surface area contributed by atoms with E-state index in [9.17, 15) is 14.4 Å². The van der Waals surface area contributed by atoms with Crippen molar-refractivity contribution in [2.24, 2.45) is 0 Å². The maximum absolute atomic E-state index is 13.3. The van der Waals surface area contributed by atoms with Gasteiger partial charge in [0.15, 0.2) is 5.65 Å². The van der Waals surface area contributed by atoms with Crippen LogP contribution in [-0.2, 0) is 16.1 Å². The Morgan fingerprint density at radius 2 is 1.69 bits per heavy atom. The summed E-state index contributed by atoms with van der Waals surface area (Å²) in [4.78, 5) is 43.2. The zero-order valence-corrected chi connectivity index (χ0v) is 19.4. The summed E-state index contributed by atoms with van der Waals surface area (Å²) in [6.07, 6.45) is 0. The number of esters is 1. The number of hydrogen-bond donors (Lipinski definition) is 1. The second-order valence-electron chi connectivity index (χ2n) is 7.54. The van der Waals surface area contributed by atoms with Crippen molar-refractivity contribution < 1.29 is 14.3 Å². The monoisotopic (exact) mass is 485 g/mol. The fraction of sp³-hybridized carbons (Fsp3) is 0.0800. The van der Waals surface area contributed by atoms with Gasteiger partial charge < -0.3 is 10.1 Å². The molecule has 0 atom stereocenters. The summed E-state index contributed by atoms with van der Waals surface area (Å²) >= 11 is 1.40. The molecule has 2 aromatic heterocycles. The summed E-state index contributed by atoms with van der Waals surface area (Å²) in [7, 11) is 1.30. The van der Waals surface area contributed by atoms with Crippen molar-refractivity contribution >= 4 is 46.0 Å². The van der Waals surface area contributed by atoms with Crippen LogP contribution in [0.25, 0.3) is 16.7 Å². The summed E-state index contributed by atoms with van der Waals surface area (Å²) in [6, 6.07) is 23.2. The summed E-state index contributed by atoms with van der Waals surface area (Å²) in [5.41, 5.74) is 2.03. The fourth-order valence-electron chi connectivity index (χ4n) is 3.59. The minimum atomic E-state index is -0.468. The molecule has 0 radical (unpaired) electrons. The molecule has 1 amide bonds. The van der Waals surface area contributed by atoms with Gasteiger partial charge in [0, 0.05) is 10.6 Å². The third kappa shape index (κ3) is 4.51. The van der Waals surface area contributed by atoms with Gasteiger partial charge in [-0.05, 0) is 48.5 Å². The summed E-state index contributed by atoms with van der Waals surface area (Å²) in [6.45, 7) is -0.289. The lowest BCUT2D eigenvalue weighted by Crippen LogP contribution is -2.28. The zero-order chi connectivity index (χ0) is 24.4. The van der Waals surface area contributed by atoms with E-state index in [1.54, 1.807) is 30.3 Å². The van der Waals surface area contributed by atoms with Gasteiger partial charge in [0.2, 0.25) is 5.91 Å². The molecule has 174 valence electrons. The number of methoxy groups -OCH3 is 1. The van der Waals surface area contributed by atoms with Gasteiger partial charge in [-0.2, -0.15) is 0 Å². The Morgan fingerprint density at radius 3 is 2.43 bits per heavy atom. The van der Waals surface area contributed by atoms with Gasteiger partial charge in [0.25, 0.3) is 0 Å². The molecule has 0 bridgehead atoms. The zero-order valence-electron chi connectivity index (χ0n) is 18.5. The average molecular weight is 486 g/mol. The number of para-hydroxylation sites is 2. The lowest BCUT2D eigenvalue weighted by Gasteiger charge is -2.05. The van der Waals surface area contributed by atoms with E-state index in [1.807, 2.05) is 48.5 Å². The molecule has 0 spiro atoms. The van der Waals surface area contributed by atoms with Crippen molar-refractivity contribution in [3.8, 4) is 0 Å². The quantitative estimate of drug-likeness (QED) is 0.366. The van der Waals surface area contributed by atoms with Gasteiger partial charge >= 0.3 is 11.7 Å². The van der Waals surface area contributed by atoms with E-state index in [2.05, 4.69) is 15.2 Å². The van der Waals surface area contributed by atoms with Crippen molar-refractivity contribution in [3.05, 3.63) is 94.9 Å². The van der Waals surface area contributed by atoms with Gasteiger partial charge in [0.1, 0.15) is 11.6 Å². The van der Waals surface area contributed by atoms with E-state index in [1.165, 1.54) is 23.3 Å². The van der Waals surface area contributed by atoms with Gasteiger partial charge in [-0.1, -0.05) is 42.1 Å². The Bertz CT molecular complexity index is 1610. The average Bonchev–Trinajstić information content (AvgIpc) is 3.21. The van der Waals surface area contributed by atoms with E-state index in [0.717, 1.165) is 9.58 Å². The van der Waals surface area contributed by atoms with Crippen LogP contribution in [0.2, 0.25) is 0 Å². The third-order valence-electron chi connectivity index (χ3n) is 5.22. The number of carbonyl (C=O) groups excluding carboxylic acids is 2. The fourth-order valence-corrected chi connectivity index (χ4v) is 4.47. The molecule has 3 aromatic carbocycles. The minimum Gasteiger partial charge on any atom is -0.465 e. The molecule has 5 rings (SSSR count). The largest absolute Gasteiger partial charge is 0.465 e. The van der Waals surface area contributed by atoms with Gasteiger partial charge in [0.05, 0.1) is 23.7 Å². The molecular weight excluding hydrogens is 466 g/mol. The molecule has 2 heterocycles. The smallest absolute Gasteiger partial charge is 0.351 e. The van der Waals surface area contributed by atoms with E-state index in [4.69, 9.17) is 4.98 Å². The van der Waals surface area contributed by atoms with Crippen molar-refractivity contribution in [2.45, 2.75) is 16.5 Å².